The van der Waals surface area contributed by atoms with Gasteiger partial charge in [0.1, 0.15) is 6.04 Å². The number of carbonyl (C=O) groups excluding carboxylic acids is 2. The van der Waals surface area contributed by atoms with E-state index >= 15 is 0 Å². The minimum Gasteiger partial charge on any atom is -0.464 e. The summed E-state index contributed by atoms with van der Waals surface area (Å²) < 4.78 is 5.12. The van der Waals surface area contributed by atoms with E-state index in [1.807, 2.05) is 30.3 Å². The van der Waals surface area contributed by atoms with Gasteiger partial charge < -0.3 is 15.4 Å². The predicted octanol–water partition coefficient (Wildman–Crippen LogP) is 2.51. The molecule has 1 amide bonds. The van der Waals surface area contributed by atoms with Crippen molar-refractivity contribution in [2.75, 3.05) is 11.9 Å². The molecule has 2 unspecified atom stereocenters. The number of hydrogen-bond acceptors (Lipinski definition) is 4. The first kappa shape index (κ1) is 15.1. The Hall–Kier alpha value is -2.82. The Morgan fingerprint density at radius 2 is 1.78 bits per heavy atom. The lowest BCUT2D eigenvalue weighted by molar-refractivity contribution is -0.144. The number of amides is 1. The topological polar surface area (TPSA) is 67.4 Å². The standard InChI is InChI=1S/C18H18N2O3/c1-2-23-18(22)16-15(13-10-6-7-11-14(13)19-16)20-17(21)12-8-4-3-5-9-12/h3-11,15-16,19H,2H2,1H3,(H,20,21). The molecular weight excluding hydrogens is 292 g/mol. The number of carbonyl (C=O) groups is 2. The molecule has 2 aromatic carbocycles. The van der Waals surface area contributed by atoms with Crippen LogP contribution in [0.2, 0.25) is 0 Å². The van der Waals surface area contributed by atoms with E-state index in [1.165, 1.54) is 0 Å². The zero-order valence-corrected chi connectivity index (χ0v) is 12.8. The molecule has 1 aliphatic rings. The van der Waals surface area contributed by atoms with Crippen LogP contribution in [0.25, 0.3) is 0 Å². The maximum Gasteiger partial charge on any atom is 0.331 e. The number of fused-ring (bicyclic) bond motifs is 1. The Balaban J connectivity index is 1.86. The van der Waals surface area contributed by atoms with Crippen molar-refractivity contribution < 1.29 is 14.3 Å². The van der Waals surface area contributed by atoms with Gasteiger partial charge in [0.2, 0.25) is 0 Å². The van der Waals surface area contributed by atoms with Gasteiger partial charge >= 0.3 is 5.97 Å². The molecule has 0 saturated carbocycles. The molecule has 0 aromatic heterocycles. The van der Waals surface area contributed by atoms with Gasteiger partial charge in [0.15, 0.2) is 0 Å². The number of anilines is 1. The molecule has 2 N–H and O–H groups in total. The number of esters is 1. The first-order chi connectivity index (χ1) is 11.2. The molecule has 0 bridgehead atoms. The summed E-state index contributed by atoms with van der Waals surface area (Å²) in [4.78, 5) is 24.7. The Kier molecular flexibility index (Phi) is 4.28. The minimum atomic E-state index is -0.625. The normalized spacial score (nSPS) is 18.7. The predicted molar refractivity (Wildman–Crippen MR) is 87.1 cm³/mol. The number of benzene rings is 2. The third-order valence-electron chi connectivity index (χ3n) is 3.80. The van der Waals surface area contributed by atoms with Crippen LogP contribution in [0.1, 0.15) is 28.9 Å². The fourth-order valence-electron chi connectivity index (χ4n) is 2.73. The molecule has 2 atom stereocenters. The fourth-order valence-corrected chi connectivity index (χ4v) is 2.73. The van der Waals surface area contributed by atoms with Crippen LogP contribution in [0.3, 0.4) is 0 Å². The lowest BCUT2D eigenvalue weighted by Gasteiger charge is -2.20. The van der Waals surface area contributed by atoms with E-state index < -0.39 is 12.1 Å². The smallest absolute Gasteiger partial charge is 0.331 e. The van der Waals surface area contributed by atoms with Crippen LogP contribution in [0.15, 0.2) is 54.6 Å². The number of para-hydroxylation sites is 1. The van der Waals surface area contributed by atoms with Gasteiger partial charge in [0.05, 0.1) is 12.6 Å². The summed E-state index contributed by atoms with van der Waals surface area (Å²) in [6.07, 6.45) is 0. The molecule has 5 heteroatoms. The van der Waals surface area contributed by atoms with Crippen molar-refractivity contribution in [2.24, 2.45) is 0 Å². The van der Waals surface area contributed by atoms with E-state index in [4.69, 9.17) is 4.74 Å². The third-order valence-corrected chi connectivity index (χ3v) is 3.80. The van der Waals surface area contributed by atoms with E-state index in [-0.39, 0.29) is 11.9 Å². The quantitative estimate of drug-likeness (QED) is 0.852. The van der Waals surface area contributed by atoms with Crippen LogP contribution >= 0.6 is 0 Å². The van der Waals surface area contributed by atoms with Crippen LogP contribution in [0.5, 0.6) is 0 Å². The largest absolute Gasteiger partial charge is 0.464 e. The van der Waals surface area contributed by atoms with Crippen LogP contribution in [0.4, 0.5) is 5.69 Å². The summed E-state index contributed by atoms with van der Waals surface area (Å²) >= 11 is 0. The second kappa shape index (κ2) is 6.52. The molecule has 118 valence electrons. The van der Waals surface area contributed by atoms with E-state index in [0.717, 1.165) is 11.3 Å². The number of rotatable bonds is 4. The van der Waals surface area contributed by atoms with Crippen LogP contribution in [-0.4, -0.2) is 24.5 Å². The summed E-state index contributed by atoms with van der Waals surface area (Å²) in [7, 11) is 0. The minimum absolute atomic E-state index is 0.219. The second-order valence-electron chi connectivity index (χ2n) is 5.28. The van der Waals surface area contributed by atoms with Crippen molar-refractivity contribution in [2.45, 2.75) is 19.0 Å². The average molecular weight is 310 g/mol. The van der Waals surface area contributed by atoms with Crippen LogP contribution in [-0.2, 0) is 9.53 Å². The van der Waals surface area contributed by atoms with Gasteiger partial charge in [-0.1, -0.05) is 36.4 Å². The van der Waals surface area contributed by atoms with E-state index in [2.05, 4.69) is 10.6 Å². The highest BCUT2D eigenvalue weighted by Crippen LogP contribution is 2.34. The molecule has 0 saturated heterocycles. The first-order valence-electron chi connectivity index (χ1n) is 7.58. The molecule has 0 radical (unpaired) electrons. The molecule has 5 nitrogen and oxygen atoms in total. The van der Waals surface area contributed by atoms with Crippen molar-refractivity contribution in [3.05, 3.63) is 65.7 Å². The van der Waals surface area contributed by atoms with E-state index in [1.54, 1.807) is 31.2 Å². The van der Waals surface area contributed by atoms with Crippen molar-refractivity contribution in [1.29, 1.82) is 0 Å². The highest BCUT2D eigenvalue weighted by Gasteiger charge is 2.38. The van der Waals surface area contributed by atoms with Gasteiger partial charge in [0, 0.05) is 16.8 Å². The van der Waals surface area contributed by atoms with Gasteiger partial charge in [-0.3, -0.25) is 4.79 Å². The molecule has 1 aliphatic heterocycles. The molecule has 0 spiro atoms. The monoisotopic (exact) mass is 310 g/mol. The average Bonchev–Trinajstić information content (AvgIpc) is 2.95. The molecule has 3 rings (SSSR count). The highest BCUT2D eigenvalue weighted by molar-refractivity contribution is 5.96. The lowest BCUT2D eigenvalue weighted by atomic mass is 10.0. The Morgan fingerprint density at radius 1 is 1.09 bits per heavy atom. The van der Waals surface area contributed by atoms with Gasteiger partial charge in [-0.2, -0.15) is 0 Å². The first-order valence-corrected chi connectivity index (χ1v) is 7.58. The Morgan fingerprint density at radius 3 is 2.52 bits per heavy atom. The van der Waals surface area contributed by atoms with Crippen molar-refractivity contribution in [3.8, 4) is 0 Å². The maximum absolute atomic E-state index is 12.4. The van der Waals surface area contributed by atoms with Gasteiger partial charge in [-0.25, -0.2) is 4.79 Å². The molecule has 0 aliphatic carbocycles. The molecule has 1 heterocycles. The van der Waals surface area contributed by atoms with Gasteiger partial charge in [-0.05, 0) is 25.1 Å². The Labute approximate surface area is 134 Å². The zero-order chi connectivity index (χ0) is 16.2. The molecular formula is C18H18N2O3. The van der Waals surface area contributed by atoms with Crippen molar-refractivity contribution >= 4 is 17.6 Å². The summed E-state index contributed by atoms with van der Waals surface area (Å²) in [5, 5.41) is 6.08. The number of ether oxygens (including phenoxy) is 1. The van der Waals surface area contributed by atoms with E-state index in [0.29, 0.717) is 12.2 Å². The number of hydrogen-bond donors (Lipinski definition) is 2. The van der Waals surface area contributed by atoms with Crippen molar-refractivity contribution in [1.82, 2.24) is 5.32 Å². The molecule has 23 heavy (non-hydrogen) atoms. The number of nitrogens with one attached hydrogen (secondary N) is 2. The highest BCUT2D eigenvalue weighted by atomic mass is 16.5. The summed E-state index contributed by atoms with van der Waals surface area (Å²) in [6, 6.07) is 15.4. The second-order valence-corrected chi connectivity index (χ2v) is 5.28. The summed E-state index contributed by atoms with van der Waals surface area (Å²) in [6.45, 7) is 2.06. The lowest BCUT2D eigenvalue weighted by Crippen LogP contribution is -2.41. The zero-order valence-electron chi connectivity index (χ0n) is 12.8. The maximum atomic E-state index is 12.4. The van der Waals surface area contributed by atoms with Gasteiger partial charge in [-0.15, -0.1) is 0 Å². The van der Waals surface area contributed by atoms with Gasteiger partial charge in [0.25, 0.3) is 5.91 Å². The SMILES string of the molecule is CCOC(=O)C1Nc2ccccc2C1NC(=O)c1ccccc1. The fraction of sp³-hybridized carbons (Fsp3) is 0.222. The van der Waals surface area contributed by atoms with Crippen LogP contribution in [0, 0.1) is 0 Å². The summed E-state index contributed by atoms with van der Waals surface area (Å²) in [5.41, 5.74) is 2.28. The molecule has 2 aromatic rings. The summed E-state index contributed by atoms with van der Waals surface area (Å²) in [5.74, 6) is -0.592. The Bertz CT molecular complexity index is 715. The van der Waals surface area contributed by atoms with Crippen molar-refractivity contribution in [3.63, 3.8) is 0 Å². The van der Waals surface area contributed by atoms with Crippen LogP contribution < -0.4 is 10.6 Å². The van der Waals surface area contributed by atoms with E-state index in [9.17, 15) is 9.59 Å². The molecule has 0 fully saturated rings. The third kappa shape index (κ3) is 3.04.